The first-order chi connectivity index (χ1) is 14.7. The van der Waals surface area contributed by atoms with Crippen molar-refractivity contribution in [2.75, 3.05) is 38.1 Å². The molecule has 0 spiro atoms. The van der Waals surface area contributed by atoms with E-state index in [0.29, 0.717) is 5.02 Å². The Kier molecular flexibility index (Phi) is 5.15. The molecule has 5 rings (SSSR count). The lowest BCUT2D eigenvalue weighted by atomic mass is 10.0. The molecule has 0 saturated carbocycles. The number of pyridine rings is 1. The van der Waals surface area contributed by atoms with Gasteiger partial charge in [0.25, 0.3) is 0 Å². The molecule has 0 aliphatic carbocycles. The lowest BCUT2D eigenvalue weighted by molar-refractivity contribution is 0.312. The zero-order valence-corrected chi connectivity index (χ0v) is 17.8. The molecule has 0 bridgehead atoms. The molecule has 6 heteroatoms. The molecule has 0 radical (unpaired) electrons. The number of fused-ring (bicyclic) bond motifs is 1. The number of benzene rings is 2. The molecule has 1 saturated heterocycles. The van der Waals surface area contributed by atoms with Gasteiger partial charge in [-0.3, -0.25) is 0 Å². The van der Waals surface area contributed by atoms with Crippen molar-refractivity contribution in [3.8, 4) is 11.1 Å². The average Bonchev–Trinajstić information content (AvgIpc) is 3.16. The zero-order chi connectivity index (χ0) is 20.5. The molecule has 0 unspecified atom stereocenters. The zero-order valence-electron chi connectivity index (χ0n) is 17.0. The highest BCUT2D eigenvalue weighted by Gasteiger charge is 2.18. The fourth-order valence-electron chi connectivity index (χ4n) is 4.04. The maximum atomic E-state index is 6.08. The highest BCUT2D eigenvalue weighted by molar-refractivity contribution is 6.31. The first-order valence-electron chi connectivity index (χ1n) is 10.3. The van der Waals surface area contributed by atoms with Crippen molar-refractivity contribution in [2.45, 2.75) is 6.54 Å². The summed E-state index contributed by atoms with van der Waals surface area (Å²) in [5.41, 5.74) is 5.64. The molecule has 2 aromatic heterocycles. The minimum Gasteiger partial charge on any atom is -0.354 e. The second-order valence-electron chi connectivity index (χ2n) is 7.87. The van der Waals surface area contributed by atoms with Crippen LogP contribution in [0, 0.1) is 0 Å². The lowest BCUT2D eigenvalue weighted by Gasteiger charge is -2.34. The van der Waals surface area contributed by atoms with Crippen LogP contribution in [0.3, 0.4) is 0 Å². The maximum absolute atomic E-state index is 6.08. The second-order valence-corrected chi connectivity index (χ2v) is 8.30. The molecule has 0 N–H and O–H groups in total. The van der Waals surface area contributed by atoms with E-state index in [2.05, 4.69) is 56.7 Å². The Balaban J connectivity index is 1.39. The van der Waals surface area contributed by atoms with E-state index in [1.807, 2.05) is 36.8 Å². The molecule has 0 amide bonds. The Morgan fingerprint density at radius 2 is 1.73 bits per heavy atom. The molecule has 3 heterocycles. The number of halogens is 1. The number of nitrogens with zero attached hydrogens (tertiary/aromatic N) is 5. The van der Waals surface area contributed by atoms with Crippen molar-refractivity contribution in [1.29, 1.82) is 0 Å². The van der Waals surface area contributed by atoms with Crippen molar-refractivity contribution >= 4 is 28.5 Å². The quantitative estimate of drug-likeness (QED) is 0.488. The van der Waals surface area contributed by atoms with Gasteiger partial charge in [0, 0.05) is 49.5 Å². The third-order valence-corrected chi connectivity index (χ3v) is 6.03. The van der Waals surface area contributed by atoms with Gasteiger partial charge in [0.15, 0.2) is 0 Å². The molecule has 152 valence electrons. The van der Waals surface area contributed by atoms with E-state index in [9.17, 15) is 0 Å². The number of anilines is 1. The molecular formula is C24H24ClN5. The van der Waals surface area contributed by atoms with Crippen molar-refractivity contribution in [3.63, 3.8) is 0 Å². The predicted octanol–water partition coefficient (Wildman–Crippen LogP) is 4.55. The number of aromatic nitrogens is 3. The van der Waals surface area contributed by atoms with Crippen LogP contribution < -0.4 is 4.90 Å². The molecule has 30 heavy (non-hydrogen) atoms. The number of likely N-dealkylation sites (N-methyl/N-ethyl adjacent to an activating group) is 1. The number of rotatable bonds is 4. The smallest absolute Gasteiger partial charge is 0.136 e. The summed E-state index contributed by atoms with van der Waals surface area (Å²) in [6, 6.07) is 18.8. The molecule has 5 nitrogen and oxygen atoms in total. The normalized spacial score (nSPS) is 15.1. The standard InChI is InChI=1S/C24H24ClN5/c1-28-11-13-29(14-12-28)24-21(3-2-10-26-24)19-6-4-18(5-7-19)16-30-17-27-22-15-20(25)8-9-23(22)30/h2-10,15,17H,11-14,16H2,1H3. The summed E-state index contributed by atoms with van der Waals surface area (Å²) in [6.45, 7) is 4.93. The van der Waals surface area contributed by atoms with Crippen LogP contribution >= 0.6 is 11.6 Å². The van der Waals surface area contributed by atoms with Crippen LogP contribution in [0.15, 0.2) is 67.1 Å². The Morgan fingerprint density at radius 1 is 0.933 bits per heavy atom. The Labute approximate surface area is 181 Å². The molecule has 4 aromatic rings. The van der Waals surface area contributed by atoms with Crippen LogP contribution in [0.25, 0.3) is 22.2 Å². The molecule has 1 aliphatic rings. The van der Waals surface area contributed by atoms with Crippen LogP contribution in [-0.2, 0) is 6.54 Å². The van der Waals surface area contributed by atoms with E-state index in [-0.39, 0.29) is 0 Å². The Bertz CT molecular complexity index is 1160. The van der Waals surface area contributed by atoms with E-state index in [1.165, 1.54) is 16.7 Å². The maximum Gasteiger partial charge on any atom is 0.136 e. The number of hydrogen-bond donors (Lipinski definition) is 0. The summed E-state index contributed by atoms with van der Waals surface area (Å²) in [6.07, 6.45) is 3.77. The average molecular weight is 418 g/mol. The lowest BCUT2D eigenvalue weighted by Crippen LogP contribution is -2.45. The molecule has 1 fully saturated rings. The van der Waals surface area contributed by atoms with E-state index in [0.717, 1.165) is 49.6 Å². The Morgan fingerprint density at radius 3 is 2.53 bits per heavy atom. The minimum atomic E-state index is 0.713. The largest absolute Gasteiger partial charge is 0.354 e. The van der Waals surface area contributed by atoms with Gasteiger partial charge in [0.1, 0.15) is 5.82 Å². The highest BCUT2D eigenvalue weighted by Crippen LogP contribution is 2.30. The van der Waals surface area contributed by atoms with Gasteiger partial charge in [-0.1, -0.05) is 35.9 Å². The first kappa shape index (κ1) is 19.1. The van der Waals surface area contributed by atoms with Gasteiger partial charge in [0.2, 0.25) is 0 Å². The van der Waals surface area contributed by atoms with Crippen LogP contribution in [0.5, 0.6) is 0 Å². The summed E-state index contributed by atoms with van der Waals surface area (Å²) >= 11 is 6.08. The molecule has 2 aromatic carbocycles. The predicted molar refractivity (Wildman–Crippen MR) is 123 cm³/mol. The molecule has 0 atom stereocenters. The summed E-state index contributed by atoms with van der Waals surface area (Å²) in [7, 11) is 2.17. The van der Waals surface area contributed by atoms with Gasteiger partial charge in [-0.2, -0.15) is 0 Å². The van der Waals surface area contributed by atoms with Gasteiger partial charge in [-0.15, -0.1) is 0 Å². The monoisotopic (exact) mass is 417 g/mol. The van der Waals surface area contributed by atoms with E-state index in [4.69, 9.17) is 16.6 Å². The van der Waals surface area contributed by atoms with E-state index >= 15 is 0 Å². The SMILES string of the molecule is CN1CCN(c2ncccc2-c2ccc(Cn3cnc4cc(Cl)ccc43)cc2)CC1. The van der Waals surface area contributed by atoms with E-state index in [1.54, 1.807) is 0 Å². The van der Waals surface area contributed by atoms with Crippen molar-refractivity contribution in [3.05, 3.63) is 77.7 Å². The topological polar surface area (TPSA) is 37.2 Å². The summed E-state index contributed by atoms with van der Waals surface area (Å²) < 4.78 is 2.15. The van der Waals surface area contributed by atoms with Crippen LogP contribution in [0.4, 0.5) is 5.82 Å². The number of imidazole rings is 1. The van der Waals surface area contributed by atoms with Gasteiger partial charge in [-0.05, 0) is 48.5 Å². The van der Waals surface area contributed by atoms with E-state index < -0.39 is 0 Å². The van der Waals surface area contributed by atoms with Gasteiger partial charge in [0.05, 0.1) is 17.4 Å². The minimum absolute atomic E-state index is 0.713. The van der Waals surface area contributed by atoms with Gasteiger partial charge >= 0.3 is 0 Å². The summed E-state index contributed by atoms with van der Waals surface area (Å²) in [5.74, 6) is 1.08. The van der Waals surface area contributed by atoms with Crippen molar-refractivity contribution in [2.24, 2.45) is 0 Å². The fraction of sp³-hybridized carbons (Fsp3) is 0.250. The van der Waals surface area contributed by atoms with Crippen LogP contribution in [0.2, 0.25) is 5.02 Å². The first-order valence-corrected chi connectivity index (χ1v) is 10.6. The molecular weight excluding hydrogens is 394 g/mol. The summed E-state index contributed by atoms with van der Waals surface area (Å²) in [4.78, 5) is 13.9. The van der Waals surface area contributed by atoms with Gasteiger partial charge < -0.3 is 14.4 Å². The van der Waals surface area contributed by atoms with Crippen molar-refractivity contribution in [1.82, 2.24) is 19.4 Å². The Hall–Kier alpha value is -2.89. The number of piperazine rings is 1. The highest BCUT2D eigenvalue weighted by atomic mass is 35.5. The van der Waals surface area contributed by atoms with Crippen LogP contribution in [0.1, 0.15) is 5.56 Å². The molecule has 1 aliphatic heterocycles. The second kappa shape index (κ2) is 8.09. The summed E-state index contributed by atoms with van der Waals surface area (Å²) in [5, 5.41) is 0.713. The third-order valence-electron chi connectivity index (χ3n) is 5.79. The fourth-order valence-corrected chi connectivity index (χ4v) is 4.21. The van der Waals surface area contributed by atoms with Crippen LogP contribution in [-0.4, -0.2) is 52.7 Å². The van der Waals surface area contributed by atoms with Crippen molar-refractivity contribution < 1.29 is 0 Å². The third kappa shape index (κ3) is 3.78. The number of hydrogen-bond acceptors (Lipinski definition) is 4. The van der Waals surface area contributed by atoms with Gasteiger partial charge in [-0.25, -0.2) is 9.97 Å².